The minimum atomic E-state index is -3.57. The van der Waals surface area contributed by atoms with Crippen LogP contribution in [0.15, 0.2) is 82.0 Å². The van der Waals surface area contributed by atoms with Gasteiger partial charge >= 0.3 is 0 Å². The van der Waals surface area contributed by atoms with Crippen LogP contribution in [0.25, 0.3) is 0 Å². The molecule has 1 aromatic heterocycles. The third kappa shape index (κ3) is 4.61. The SMILES string of the molecule is CC1=C(C)C(C)C(C)=C1C.O=S(=O)(Nc1ccccc1)c1ccccn1. The van der Waals surface area contributed by atoms with E-state index in [0.29, 0.717) is 11.6 Å². The van der Waals surface area contributed by atoms with Gasteiger partial charge in [0, 0.05) is 11.9 Å². The summed E-state index contributed by atoms with van der Waals surface area (Å²) >= 11 is 0. The lowest BCUT2D eigenvalue weighted by Gasteiger charge is -2.06. The van der Waals surface area contributed by atoms with Gasteiger partial charge in [-0.1, -0.05) is 42.3 Å². The van der Waals surface area contributed by atoms with Gasteiger partial charge in [0.1, 0.15) is 0 Å². The Balaban J connectivity index is 0.000000209. The van der Waals surface area contributed by atoms with Crippen LogP contribution in [0.5, 0.6) is 0 Å². The zero-order valence-electron chi connectivity index (χ0n) is 15.9. The minimum absolute atomic E-state index is 0.0128. The van der Waals surface area contributed by atoms with E-state index in [9.17, 15) is 8.42 Å². The second kappa shape index (κ2) is 8.32. The molecule has 26 heavy (non-hydrogen) atoms. The first-order valence-electron chi connectivity index (χ1n) is 8.58. The van der Waals surface area contributed by atoms with Gasteiger partial charge in [-0.2, -0.15) is 8.42 Å². The Labute approximate surface area is 156 Å². The number of hydrogen-bond acceptors (Lipinski definition) is 3. The Morgan fingerprint density at radius 2 is 1.38 bits per heavy atom. The van der Waals surface area contributed by atoms with Crippen LogP contribution in [-0.2, 0) is 10.0 Å². The highest BCUT2D eigenvalue weighted by Crippen LogP contribution is 2.35. The fourth-order valence-electron chi connectivity index (χ4n) is 2.79. The molecule has 1 aliphatic carbocycles. The Morgan fingerprint density at radius 1 is 0.846 bits per heavy atom. The van der Waals surface area contributed by atoms with Crippen molar-refractivity contribution >= 4 is 15.7 Å². The van der Waals surface area contributed by atoms with Gasteiger partial charge in [0.25, 0.3) is 10.0 Å². The van der Waals surface area contributed by atoms with Crippen LogP contribution in [0.4, 0.5) is 5.69 Å². The lowest BCUT2D eigenvalue weighted by molar-refractivity contribution is 0.597. The van der Waals surface area contributed by atoms with Gasteiger partial charge in [-0.3, -0.25) is 4.72 Å². The molecular weight excluding hydrogens is 344 g/mol. The Hall–Kier alpha value is -2.40. The summed E-state index contributed by atoms with van der Waals surface area (Å²) in [7, 11) is -3.57. The summed E-state index contributed by atoms with van der Waals surface area (Å²) in [5, 5.41) is 0.0128. The fourth-order valence-corrected chi connectivity index (χ4v) is 3.79. The molecule has 5 heteroatoms. The highest BCUT2D eigenvalue weighted by molar-refractivity contribution is 7.92. The standard InChI is InChI=1S/C11H10N2O2S.C10H16/c14-16(15,11-8-4-5-9-12-11)13-10-6-2-1-3-7-10;1-6-7(2)9(4)10(5)8(6)3/h1-9,13H;6H,1-5H3. The Kier molecular flexibility index (Phi) is 6.37. The second-order valence-electron chi connectivity index (χ2n) is 6.48. The van der Waals surface area contributed by atoms with E-state index in [0.717, 1.165) is 0 Å². The molecule has 0 atom stereocenters. The maximum atomic E-state index is 11.8. The number of anilines is 1. The van der Waals surface area contributed by atoms with Crippen molar-refractivity contribution in [3.63, 3.8) is 0 Å². The maximum absolute atomic E-state index is 11.8. The zero-order valence-corrected chi connectivity index (χ0v) is 16.8. The van der Waals surface area contributed by atoms with Gasteiger partial charge in [0.05, 0.1) is 0 Å². The molecule has 1 aromatic carbocycles. The number of pyridine rings is 1. The van der Waals surface area contributed by atoms with Crippen molar-refractivity contribution < 1.29 is 8.42 Å². The van der Waals surface area contributed by atoms with Crippen LogP contribution in [0.1, 0.15) is 34.6 Å². The normalized spacial score (nSPS) is 15.0. The topological polar surface area (TPSA) is 59.1 Å². The van der Waals surface area contributed by atoms with Crippen molar-refractivity contribution in [3.05, 3.63) is 77.0 Å². The van der Waals surface area contributed by atoms with E-state index >= 15 is 0 Å². The number of nitrogens with zero attached hydrogens (tertiary/aromatic N) is 1. The van der Waals surface area contributed by atoms with E-state index in [1.165, 1.54) is 23.4 Å². The second-order valence-corrected chi connectivity index (χ2v) is 8.11. The molecule has 4 nitrogen and oxygen atoms in total. The zero-order chi connectivity index (χ0) is 19.3. The maximum Gasteiger partial charge on any atom is 0.279 e. The molecule has 0 aliphatic heterocycles. The number of para-hydroxylation sites is 1. The first-order valence-corrected chi connectivity index (χ1v) is 10.1. The van der Waals surface area contributed by atoms with Crippen LogP contribution >= 0.6 is 0 Å². The van der Waals surface area contributed by atoms with Crippen LogP contribution in [0.2, 0.25) is 0 Å². The lowest BCUT2D eigenvalue weighted by atomic mass is 10.00. The van der Waals surface area contributed by atoms with Crippen LogP contribution in [0.3, 0.4) is 0 Å². The summed E-state index contributed by atoms with van der Waals surface area (Å²) < 4.78 is 26.1. The first kappa shape index (κ1) is 19.9. The van der Waals surface area contributed by atoms with Gasteiger partial charge < -0.3 is 0 Å². The van der Waals surface area contributed by atoms with E-state index in [1.54, 1.807) is 47.5 Å². The molecule has 0 saturated heterocycles. The Bertz CT molecular complexity index is 891. The van der Waals surface area contributed by atoms with Gasteiger partial charge in [-0.25, -0.2) is 4.98 Å². The molecule has 3 rings (SSSR count). The summed E-state index contributed by atoms with van der Waals surface area (Å²) in [6.07, 6.45) is 1.44. The third-order valence-corrected chi connectivity index (χ3v) is 6.28. The summed E-state index contributed by atoms with van der Waals surface area (Å²) in [5.74, 6) is 0.694. The summed E-state index contributed by atoms with van der Waals surface area (Å²) in [4.78, 5) is 3.80. The molecule has 1 N–H and O–H groups in total. The average molecular weight is 371 g/mol. The molecule has 0 amide bonds. The van der Waals surface area contributed by atoms with E-state index < -0.39 is 10.0 Å². The monoisotopic (exact) mass is 370 g/mol. The van der Waals surface area contributed by atoms with Crippen molar-refractivity contribution in [2.75, 3.05) is 4.72 Å². The first-order chi connectivity index (χ1) is 12.2. The molecule has 1 heterocycles. The summed E-state index contributed by atoms with van der Waals surface area (Å²) in [6, 6.07) is 13.4. The van der Waals surface area contributed by atoms with Gasteiger partial charge in [-0.15, -0.1) is 0 Å². The number of sulfonamides is 1. The predicted octanol–water partition coefficient (Wildman–Crippen LogP) is 5.19. The van der Waals surface area contributed by atoms with E-state index in [-0.39, 0.29) is 5.03 Å². The lowest BCUT2D eigenvalue weighted by Crippen LogP contribution is -2.14. The van der Waals surface area contributed by atoms with Gasteiger partial charge in [0.2, 0.25) is 0 Å². The van der Waals surface area contributed by atoms with E-state index in [4.69, 9.17) is 0 Å². The highest BCUT2D eigenvalue weighted by Gasteiger charge is 2.19. The number of allylic oxidation sites excluding steroid dienone is 4. The number of hydrogen-bond donors (Lipinski definition) is 1. The largest absolute Gasteiger partial charge is 0.279 e. The van der Waals surface area contributed by atoms with E-state index in [2.05, 4.69) is 44.3 Å². The summed E-state index contributed by atoms with van der Waals surface area (Å²) in [6.45, 7) is 11.2. The van der Waals surface area contributed by atoms with Crippen molar-refractivity contribution in [2.24, 2.45) is 5.92 Å². The molecule has 0 radical (unpaired) electrons. The molecular formula is C21H26N2O2S. The molecule has 0 spiro atoms. The third-order valence-electron chi connectivity index (χ3n) is 4.98. The minimum Gasteiger partial charge on any atom is -0.278 e. The molecule has 138 valence electrons. The van der Waals surface area contributed by atoms with Crippen LogP contribution < -0.4 is 4.72 Å². The Morgan fingerprint density at radius 3 is 1.81 bits per heavy atom. The molecule has 0 fully saturated rings. The van der Waals surface area contributed by atoms with Crippen molar-refractivity contribution in [3.8, 4) is 0 Å². The highest BCUT2D eigenvalue weighted by atomic mass is 32.2. The quantitative estimate of drug-likeness (QED) is 0.809. The van der Waals surface area contributed by atoms with Gasteiger partial charge in [-0.05, 0) is 69.0 Å². The van der Waals surface area contributed by atoms with Gasteiger partial charge in [0.15, 0.2) is 5.03 Å². The molecule has 0 saturated carbocycles. The smallest absolute Gasteiger partial charge is 0.278 e. The molecule has 0 unspecified atom stereocenters. The predicted molar refractivity (Wildman–Crippen MR) is 107 cm³/mol. The average Bonchev–Trinajstić information content (AvgIpc) is 2.81. The molecule has 0 bridgehead atoms. The fraction of sp³-hybridized carbons (Fsp3) is 0.286. The number of benzene rings is 1. The number of rotatable bonds is 3. The van der Waals surface area contributed by atoms with Crippen LogP contribution in [0, 0.1) is 5.92 Å². The number of aromatic nitrogens is 1. The number of nitrogens with one attached hydrogen (secondary N) is 1. The van der Waals surface area contributed by atoms with Crippen LogP contribution in [-0.4, -0.2) is 13.4 Å². The van der Waals surface area contributed by atoms with E-state index in [1.807, 2.05) is 6.07 Å². The molecule has 1 aliphatic rings. The molecule has 2 aromatic rings. The van der Waals surface area contributed by atoms with Crippen molar-refractivity contribution in [2.45, 2.75) is 39.6 Å². The summed E-state index contributed by atoms with van der Waals surface area (Å²) in [5.41, 5.74) is 6.63. The van der Waals surface area contributed by atoms with Crippen molar-refractivity contribution in [1.29, 1.82) is 0 Å². The van der Waals surface area contributed by atoms with Crippen molar-refractivity contribution in [1.82, 2.24) is 4.98 Å².